The van der Waals surface area contributed by atoms with Crippen LogP contribution in [0.3, 0.4) is 0 Å². The second-order valence-electron chi connectivity index (χ2n) is 3.52. The van der Waals surface area contributed by atoms with E-state index in [2.05, 4.69) is 10.6 Å². The summed E-state index contributed by atoms with van der Waals surface area (Å²) in [5, 5.41) is 4.21. The van der Waals surface area contributed by atoms with E-state index in [0.29, 0.717) is 10.5 Å². The van der Waals surface area contributed by atoms with Gasteiger partial charge in [0.1, 0.15) is 10.5 Å². The van der Waals surface area contributed by atoms with Crippen LogP contribution in [0.2, 0.25) is 0 Å². The van der Waals surface area contributed by atoms with E-state index < -0.39 is 33.2 Å². The lowest BCUT2D eigenvalue weighted by Gasteiger charge is -2.28. The normalized spacial score (nSPS) is 20.5. The number of amides is 6. The molecule has 0 radical (unpaired) electrons. The molecule has 2 rings (SSSR count). The Hall–Kier alpha value is -1.73. The van der Waals surface area contributed by atoms with Gasteiger partial charge < -0.3 is 13.2 Å². The summed E-state index contributed by atoms with van der Waals surface area (Å²) in [4.78, 5) is 45.0. The van der Waals surface area contributed by atoms with E-state index in [-0.39, 0.29) is 13.1 Å². The highest BCUT2D eigenvalue weighted by Gasteiger charge is 2.43. The quantitative estimate of drug-likeness (QED) is 0.404. The molecule has 92 valence electrons. The maximum absolute atomic E-state index is 11.5. The minimum atomic E-state index is -2.55. The summed E-state index contributed by atoms with van der Waals surface area (Å²) in [6, 6.07) is -1.15. The molecule has 6 amide bonds. The second kappa shape index (κ2) is 4.27. The summed E-state index contributed by atoms with van der Waals surface area (Å²) in [5.74, 6) is -0.866. The lowest BCUT2D eigenvalue weighted by molar-refractivity contribution is -0.118. The molecule has 9 nitrogen and oxygen atoms in total. The first kappa shape index (κ1) is 11.8. The molecular formula is C6H10N4O5Si2. The summed E-state index contributed by atoms with van der Waals surface area (Å²) < 4.78 is 7.66. The molecule has 0 unspecified atom stereocenters. The third-order valence-corrected chi connectivity index (χ3v) is 5.97. The highest BCUT2D eigenvalue weighted by molar-refractivity contribution is 6.57. The first-order chi connectivity index (χ1) is 8.02. The minimum Gasteiger partial charge on any atom is -0.436 e. The van der Waals surface area contributed by atoms with E-state index in [1.54, 1.807) is 0 Å². The molecule has 2 N–H and O–H groups in total. The van der Waals surface area contributed by atoms with Crippen molar-refractivity contribution in [2.45, 2.75) is 0 Å². The van der Waals surface area contributed by atoms with E-state index >= 15 is 0 Å². The molecule has 0 aliphatic carbocycles. The van der Waals surface area contributed by atoms with Crippen molar-refractivity contribution in [3.05, 3.63) is 0 Å². The van der Waals surface area contributed by atoms with Crippen molar-refractivity contribution in [2.24, 2.45) is 0 Å². The Kier molecular flexibility index (Phi) is 2.95. The zero-order valence-corrected chi connectivity index (χ0v) is 12.1. The van der Waals surface area contributed by atoms with Gasteiger partial charge in [0, 0.05) is 0 Å². The van der Waals surface area contributed by atoms with E-state index in [1.807, 2.05) is 0 Å². The van der Waals surface area contributed by atoms with Gasteiger partial charge >= 0.3 is 21.4 Å². The van der Waals surface area contributed by atoms with Gasteiger partial charge in [0.2, 0.25) is 11.8 Å². The van der Waals surface area contributed by atoms with Crippen molar-refractivity contribution in [2.75, 3.05) is 13.1 Å². The van der Waals surface area contributed by atoms with Crippen LogP contribution in [0.15, 0.2) is 0 Å². The SMILES string of the molecule is O=C1CN([SiH](O[SiH3])N2CC(=O)NC2=O)C(=O)N1. The van der Waals surface area contributed by atoms with Crippen LogP contribution < -0.4 is 10.6 Å². The van der Waals surface area contributed by atoms with Crippen LogP contribution in [0.5, 0.6) is 0 Å². The molecule has 2 heterocycles. The third kappa shape index (κ3) is 2.06. The van der Waals surface area contributed by atoms with Crippen LogP contribution in [0, 0.1) is 0 Å². The highest BCUT2D eigenvalue weighted by Crippen LogP contribution is 2.10. The van der Waals surface area contributed by atoms with Gasteiger partial charge in [0.05, 0.1) is 13.1 Å². The summed E-state index contributed by atoms with van der Waals surface area (Å²) >= 11 is 0. The molecule has 2 saturated heterocycles. The van der Waals surface area contributed by atoms with Gasteiger partial charge in [-0.25, -0.2) is 9.59 Å². The van der Waals surface area contributed by atoms with Crippen molar-refractivity contribution in [3.63, 3.8) is 0 Å². The van der Waals surface area contributed by atoms with Gasteiger partial charge in [-0.15, -0.1) is 0 Å². The molecule has 0 bridgehead atoms. The van der Waals surface area contributed by atoms with Crippen molar-refractivity contribution in [1.82, 2.24) is 19.8 Å². The van der Waals surface area contributed by atoms with Crippen molar-refractivity contribution >= 4 is 43.7 Å². The molecule has 2 aliphatic rings. The number of hydrogen-bond acceptors (Lipinski definition) is 5. The monoisotopic (exact) mass is 274 g/mol. The third-order valence-electron chi connectivity index (χ3n) is 2.39. The first-order valence-electron chi connectivity index (χ1n) is 4.76. The van der Waals surface area contributed by atoms with Crippen LogP contribution in [-0.2, 0) is 13.7 Å². The van der Waals surface area contributed by atoms with Gasteiger partial charge in [-0.3, -0.25) is 20.2 Å². The summed E-state index contributed by atoms with van der Waals surface area (Å²) in [6.07, 6.45) is 0. The van der Waals surface area contributed by atoms with E-state index in [1.165, 1.54) is 9.13 Å². The molecule has 0 atom stereocenters. The molecule has 0 saturated carbocycles. The Balaban J connectivity index is 2.16. The van der Waals surface area contributed by atoms with Gasteiger partial charge in [0.25, 0.3) is 0 Å². The molecule has 0 aromatic heterocycles. The van der Waals surface area contributed by atoms with E-state index in [0.717, 1.165) is 0 Å². The molecule has 2 fully saturated rings. The number of carbonyl (C=O) groups is 4. The Morgan fingerprint density at radius 2 is 1.41 bits per heavy atom. The zero-order chi connectivity index (χ0) is 12.6. The van der Waals surface area contributed by atoms with Gasteiger partial charge in [-0.05, 0) is 0 Å². The van der Waals surface area contributed by atoms with Crippen LogP contribution in [-0.4, -0.2) is 65.9 Å². The summed E-state index contributed by atoms with van der Waals surface area (Å²) in [6.45, 7) is -0.258. The fourth-order valence-corrected chi connectivity index (χ4v) is 5.24. The summed E-state index contributed by atoms with van der Waals surface area (Å²) in [7, 11) is -2.24. The average molecular weight is 274 g/mol. The Morgan fingerprint density at radius 1 is 1.00 bits per heavy atom. The molecule has 0 aromatic carbocycles. The number of hydrogen-bond donors (Lipinski definition) is 2. The molecular weight excluding hydrogens is 264 g/mol. The summed E-state index contributed by atoms with van der Waals surface area (Å²) in [5.41, 5.74) is 0. The average Bonchev–Trinajstić information content (AvgIpc) is 2.73. The number of nitrogens with one attached hydrogen (secondary N) is 2. The molecule has 2 aliphatic heterocycles. The largest absolute Gasteiger partial charge is 0.436 e. The van der Waals surface area contributed by atoms with Gasteiger partial charge in [-0.1, -0.05) is 0 Å². The molecule has 17 heavy (non-hydrogen) atoms. The topological polar surface area (TPSA) is 108 Å². The van der Waals surface area contributed by atoms with Crippen LogP contribution in [0.25, 0.3) is 0 Å². The Morgan fingerprint density at radius 3 is 1.65 bits per heavy atom. The lowest BCUT2D eigenvalue weighted by atomic mass is 10.7. The van der Waals surface area contributed by atoms with E-state index in [9.17, 15) is 19.2 Å². The number of rotatable bonds is 3. The fourth-order valence-electron chi connectivity index (χ4n) is 1.69. The second-order valence-corrected chi connectivity index (χ2v) is 7.31. The number of urea groups is 2. The number of nitrogens with zero attached hydrogens (tertiary/aromatic N) is 2. The van der Waals surface area contributed by atoms with Crippen molar-refractivity contribution in [1.29, 1.82) is 0 Å². The molecule has 0 aromatic rings. The van der Waals surface area contributed by atoms with E-state index in [4.69, 9.17) is 4.12 Å². The predicted octanol–water partition coefficient (Wildman–Crippen LogP) is -3.90. The fraction of sp³-hybridized carbons (Fsp3) is 0.333. The highest BCUT2D eigenvalue weighted by atomic mass is 28.3. The smallest absolute Gasteiger partial charge is 0.399 e. The van der Waals surface area contributed by atoms with Crippen LogP contribution in [0.4, 0.5) is 9.59 Å². The Labute approximate surface area is 100 Å². The maximum Gasteiger partial charge on any atom is 0.399 e. The minimum absolute atomic E-state index is 0.129. The lowest BCUT2D eigenvalue weighted by Crippen LogP contribution is -2.56. The van der Waals surface area contributed by atoms with Crippen LogP contribution in [0.1, 0.15) is 0 Å². The number of carbonyl (C=O) groups excluding carboxylic acids is 4. The first-order valence-corrected chi connectivity index (χ1v) is 7.08. The van der Waals surface area contributed by atoms with Crippen molar-refractivity contribution < 1.29 is 23.3 Å². The number of imide groups is 2. The standard InChI is InChI=1S/C6H10N4O5Si2/c11-3-1-9(5(13)7-3)17(15-16)10-2-4(12)8-6(10)14/h17H,1-2H2,16H3,(H,7,11,13)(H,8,12,14). The zero-order valence-electron chi connectivity index (χ0n) is 8.93. The van der Waals surface area contributed by atoms with Gasteiger partial charge in [0.15, 0.2) is 0 Å². The van der Waals surface area contributed by atoms with Gasteiger partial charge in [-0.2, -0.15) is 0 Å². The predicted molar refractivity (Wildman–Crippen MR) is 58.7 cm³/mol. The Bertz CT molecular complexity index is 379. The van der Waals surface area contributed by atoms with Crippen molar-refractivity contribution in [3.8, 4) is 0 Å². The molecule has 11 heteroatoms. The van der Waals surface area contributed by atoms with Crippen LogP contribution >= 0.6 is 0 Å². The molecule has 0 spiro atoms. The maximum atomic E-state index is 11.5.